The molecule has 1 aromatic carbocycles. The molecule has 4 rings (SSSR count). The first kappa shape index (κ1) is 18.0. The van der Waals surface area contributed by atoms with Crippen LogP contribution in [0.5, 0.6) is 0 Å². The number of aromatic nitrogens is 2. The van der Waals surface area contributed by atoms with Crippen LogP contribution in [0.3, 0.4) is 0 Å². The molecule has 2 aromatic rings. The minimum absolute atomic E-state index is 0.210. The first-order valence-corrected chi connectivity index (χ1v) is 9.66. The summed E-state index contributed by atoms with van der Waals surface area (Å²) in [6.45, 7) is 4.44. The summed E-state index contributed by atoms with van der Waals surface area (Å²) in [6, 6.07) is 4.80. The van der Waals surface area contributed by atoms with E-state index in [9.17, 15) is 9.59 Å². The minimum Gasteiger partial charge on any atom is -0.339 e. The number of halogens is 1. The molecule has 0 radical (unpaired) electrons. The first-order valence-electron chi connectivity index (χ1n) is 9.29. The standard InChI is InChI=1S/C20H23ClN4O2/c1-20(2)8-7-13-16(10-20)24-25-17(13)19(27)23-15-5-3-11-9-12(21)4-6-14(11)22-18(15)26/h4,6,9,15H,3,5,7-8,10H2,1-2H3,(H,22,26)(H,23,27)(H,24,25). The number of aryl methyl sites for hydroxylation is 1. The number of benzene rings is 1. The van der Waals surface area contributed by atoms with Crippen LogP contribution in [0, 0.1) is 5.41 Å². The van der Waals surface area contributed by atoms with Crippen LogP contribution in [-0.2, 0) is 24.1 Å². The largest absolute Gasteiger partial charge is 0.339 e. The molecule has 1 aliphatic carbocycles. The number of H-pyrrole nitrogens is 1. The molecule has 27 heavy (non-hydrogen) atoms. The fraction of sp³-hybridized carbons (Fsp3) is 0.450. The molecule has 0 bridgehead atoms. The van der Waals surface area contributed by atoms with E-state index in [0.717, 1.165) is 41.8 Å². The molecule has 6 nitrogen and oxygen atoms in total. The van der Waals surface area contributed by atoms with E-state index >= 15 is 0 Å². The molecule has 2 heterocycles. The van der Waals surface area contributed by atoms with Gasteiger partial charge in [-0.2, -0.15) is 5.10 Å². The number of nitrogens with one attached hydrogen (secondary N) is 3. The van der Waals surface area contributed by atoms with Crippen molar-refractivity contribution in [2.75, 3.05) is 5.32 Å². The summed E-state index contributed by atoms with van der Waals surface area (Å²) in [6.07, 6.45) is 3.89. The van der Waals surface area contributed by atoms with E-state index in [0.29, 0.717) is 23.6 Å². The molecular formula is C20H23ClN4O2. The molecule has 142 valence electrons. The van der Waals surface area contributed by atoms with Crippen LogP contribution in [0.2, 0.25) is 5.02 Å². The van der Waals surface area contributed by atoms with Crippen molar-refractivity contribution in [3.63, 3.8) is 0 Å². The van der Waals surface area contributed by atoms with Crippen LogP contribution in [0.25, 0.3) is 0 Å². The van der Waals surface area contributed by atoms with Crippen LogP contribution in [0.4, 0.5) is 5.69 Å². The molecule has 0 saturated carbocycles. The number of rotatable bonds is 2. The van der Waals surface area contributed by atoms with Crippen LogP contribution in [0.15, 0.2) is 18.2 Å². The van der Waals surface area contributed by atoms with Crippen molar-refractivity contribution < 1.29 is 9.59 Å². The summed E-state index contributed by atoms with van der Waals surface area (Å²) in [7, 11) is 0. The number of carbonyl (C=O) groups is 2. The Kier molecular flexibility index (Phi) is 4.46. The Morgan fingerprint density at radius 1 is 1.33 bits per heavy atom. The molecule has 2 aliphatic rings. The van der Waals surface area contributed by atoms with Gasteiger partial charge in [-0.15, -0.1) is 0 Å². The number of fused-ring (bicyclic) bond motifs is 2. The Balaban J connectivity index is 1.49. The van der Waals surface area contributed by atoms with Gasteiger partial charge in [-0.25, -0.2) is 0 Å². The highest BCUT2D eigenvalue weighted by Crippen LogP contribution is 2.35. The molecule has 0 fully saturated rings. The van der Waals surface area contributed by atoms with Gasteiger partial charge in [-0.05, 0) is 61.3 Å². The van der Waals surface area contributed by atoms with E-state index in [1.165, 1.54) is 0 Å². The van der Waals surface area contributed by atoms with Crippen molar-refractivity contribution in [2.24, 2.45) is 5.41 Å². The number of amides is 2. The molecule has 0 saturated heterocycles. The SMILES string of the molecule is CC1(C)CCc2c(C(=O)NC3CCc4cc(Cl)ccc4NC3=O)n[nH]c2C1. The van der Waals surface area contributed by atoms with Gasteiger partial charge >= 0.3 is 0 Å². The molecule has 7 heteroatoms. The molecule has 3 N–H and O–H groups in total. The summed E-state index contributed by atoms with van der Waals surface area (Å²) in [5.74, 6) is -0.508. The maximum atomic E-state index is 12.8. The molecule has 1 unspecified atom stereocenters. The summed E-state index contributed by atoms with van der Waals surface area (Å²) >= 11 is 6.05. The van der Waals surface area contributed by atoms with Crippen molar-refractivity contribution in [1.82, 2.24) is 15.5 Å². The number of aromatic amines is 1. The predicted molar refractivity (Wildman–Crippen MR) is 104 cm³/mol. The highest BCUT2D eigenvalue weighted by molar-refractivity contribution is 6.30. The van der Waals surface area contributed by atoms with E-state index in [-0.39, 0.29) is 17.2 Å². The van der Waals surface area contributed by atoms with Gasteiger partial charge in [0.1, 0.15) is 6.04 Å². The highest BCUT2D eigenvalue weighted by Gasteiger charge is 2.32. The van der Waals surface area contributed by atoms with Gasteiger partial charge in [0.25, 0.3) is 5.91 Å². The summed E-state index contributed by atoms with van der Waals surface area (Å²) in [5.41, 5.74) is 4.37. The average Bonchev–Trinajstić information content (AvgIpc) is 2.95. The first-order chi connectivity index (χ1) is 12.8. The quantitative estimate of drug-likeness (QED) is 0.740. The summed E-state index contributed by atoms with van der Waals surface area (Å²) in [4.78, 5) is 25.4. The summed E-state index contributed by atoms with van der Waals surface area (Å²) < 4.78 is 0. The lowest BCUT2D eigenvalue weighted by molar-refractivity contribution is -0.118. The van der Waals surface area contributed by atoms with Crippen LogP contribution >= 0.6 is 11.6 Å². The van der Waals surface area contributed by atoms with E-state index in [4.69, 9.17) is 11.6 Å². The Labute approximate surface area is 163 Å². The van der Waals surface area contributed by atoms with Crippen molar-refractivity contribution in [2.45, 2.75) is 52.0 Å². The zero-order valence-corrected chi connectivity index (χ0v) is 16.2. The van der Waals surface area contributed by atoms with E-state index in [1.807, 2.05) is 6.07 Å². The second kappa shape index (κ2) is 6.68. The number of hydrogen-bond donors (Lipinski definition) is 3. The second-order valence-electron chi connectivity index (χ2n) is 8.23. The topological polar surface area (TPSA) is 86.9 Å². The number of anilines is 1. The molecule has 1 atom stereocenters. The monoisotopic (exact) mass is 386 g/mol. The van der Waals surface area contributed by atoms with E-state index < -0.39 is 6.04 Å². The number of hydrogen-bond acceptors (Lipinski definition) is 3. The fourth-order valence-electron chi connectivity index (χ4n) is 3.94. The van der Waals surface area contributed by atoms with Crippen molar-refractivity contribution in [3.05, 3.63) is 45.7 Å². The third kappa shape index (κ3) is 3.58. The molecule has 1 aliphatic heterocycles. The third-order valence-electron chi connectivity index (χ3n) is 5.52. The second-order valence-corrected chi connectivity index (χ2v) is 8.66. The van der Waals surface area contributed by atoms with Crippen LogP contribution < -0.4 is 10.6 Å². The molecule has 1 aromatic heterocycles. The van der Waals surface area contributed by atoms with Crippen LogP contribution in [0.1, 0.15) is 54.0 Å². The zero-order chi connectivity index (χ0) is 19.2. The van der Waals surface area contributed by atoms with Gasteiger partial charge in [0.05, 0.1) is 0 Å². The Bertz CT molecular complexity index is 919. The number of nitrogens with zero attached hydrogens (tertiary/aromatic N) is 1. The van der Waals surface area contributed by atoms with E-state index in [1.54, 1.807) is 12.1 Å². The lowest BCUT2D eigenvalue weighted by atomic mass is 9.76. The van der Waals surface area contributed by atoms with Crippen LogP contribution in [-0.4, -0.2) is 28.1 Å². The number of carbonyl (C=O) groups excluding carboxylic acids is 2. The van der Waals surface area contributed by atoms with Gasteiger partial charge < -0.3 is 10.6 Å². The van der Waals surface area contributed by atoms with Crippen molar-refractivity contribution >= 4 is 29.1 Å². The van der Waals surface area contributed by atoms with Crippen molar-refractivity contribution in [3.8, 4) is 0 Å². The third-order valence-corrected chi connectivity index (χ3v) is 5.76. The maximum Gasteiger partial charge on any atom is 0.272 e. The summed E-state index contributed by atoms with van der Waals surface area (Å²) in [5, 5.41) is 13.6. The van der Waals surface area contributed by atoms with Gasteiger partial charge in [-0.1, -0.05) is 25.4 Å². The average molecular weight is 387 g/mol. The Hall–Kier alpha value is -2.34. The van der Waals surface area contributed by atoms with Gasteiger partial charge in [0.2, 0.25) is 5.91 Å². The van der Waals surface area contributed by atoms with E-state index in [2.05, 4.69) is 34.7 Å². The highest BCUT2D eigenvalue weighted by atomic mass is 35.5. The molecular weight excluding hydrogens is 364 g/mol. The predicted octanol–water partition coefficient (Wildman–Crippen LogP) is 3.26. The Morgan fingerprint density at radius 3 is 2.96 bits per heavy atom. The maximum absolute atomic E-state index is 12.8. The lowest BCUT2D eigenvalue weighted by Gasteiger charge is -2.29. The normalized spacial score (nSPS) is 20.9. The fourth-order valence-corrected chi connectivity index (χ4v) is 4.14. The van der Waals surface area contributed by atoms with Gasteiger partial charge in [0.15, 0.2) is 5.69 Å². The minimum atomic E-state index is -0.601. The smallest absolute Gasteiger partial charge is 0.272 e. The lowest BCUT2D eigenvalue weighted by Crippen LogP contribution is -2.43. The molecule has 0 spiro atoms. The molecule has 2 amide bonds. The van der Waals surface area contributed by atoms with Crippen molar-refractivity contribution in [1.29, 1.82) is 0 Å². The van der Waals surface area contributed by atoms with Gasteiger partial charge in [0, 0.05) is 22.0 Å². The van der Waals surface area contributed by atoms with Gasteiger partial charge in [-0.3, -0.25) is 14.7 Å². The Morgan fingerprint density at radius 2 is 2.15 bits per heavy atom. The zero-order valence-electron chi connectivity index (χ0n) is 15.5.